The van der Waals surface area contributed by atoms with Gasteiger partial charge in [-0.15, -0.1) is 0 Å². The number of carboxylic acids is 1. The second-order valence-electron chi connectivity index (χ2n) is 3.89. The summed E-state index contributed by atoms with van der Waals surface area (Å²) in [7, 11) is 0. The maximum absolute atomic E-state index is 12.9. The molecule has 21 heavy (non-hydrogen) atoms. The summed E-state index contributed by atoms with van der Waals surface area (Å²) in [5.41, 5.74) is 0. The van der Waals surface area contributed by atoms with Gasteiger partial charge in [0.05, 0.1) is 5.97 Å². The molecule has 0 bridgehead atoms. The lowest BCUT2D eigenvalue weighted by atomic mass is 9.99. The third-order valence-corrected chi connectivity index (χ3v) is 2.31. The third-order valence-electron chi connectivity index (χ3n) is 2.31. The number of alkyl halides is 10. The van der Waals surface area contributed by atoms with Crippen LogP contribution in [0.15, 0.2) is 0 Å². The van der Waals surface area contributed by atoms with Crippen LogP contribution in [-0.2, 0) is 4.79 Å². The molecule has 0 amide bonds. The van der Waals surface area contributed by atoms with E-state index < -0.39 is 55.3 Å². The number of carboxylic acid groups (broad SMARTS) is 1. The molecule has 0 aromatic rings. The molecule has 0 saturated carbocycles. The van der Waals surface area contributed by atoms with Crippen molar-refractivity contribution in [3.05, 3.63) is 0 Å². The minimum Gasteiger partial charge on any atom is -0.547 e. The molecule has 12 heteroatoms. The van der Waals surface area contributed by atoms with Crippen LogP contribution in [0.3, 0.4) is 0 Å². The Kier molecular flexibility index (Phi) is 6.74. The van der Waals surface area contributed by atoms with Gasteiger partial charge in [-0.25, -0.2) is 30.7 Å². The highest BCUT2D eigenvalue weighted by molar-refractivity contribution is 5.70. The second kappa shape index (κ2) is 7.16. The van der Waals surface area contributed by atoms with Crippen molar-refractivity contribution in [2.45, 2.75) is 49.4 Å². The predicted molar refractivity (Wildman–Crippen MR) is 45.3 cm³/mol. The van der Waals surface area contributed by atoms with Crippen LogP contribution in [0.4, 0.5) is 43.9 Å². The van der Waals surface area contributed by atoms with Gasteiger partial charge in [-0.2, -0.15) is 13.2 Å². The summed E-state index contributed by atoms with van der Waals surface area (Å²) in [5.74, 6) is -2.84. The highest BCUT2D eigenvalue weighted by Crippen LogP contribution is 2.32. The Labute approximate surface area is 110 Å². The Bertz CT molecular complexity index is 348. The fourth-order valence-corrected chi connectivity index (χ4v) is 1.16. The van der Waals surface area contributed by atoms with Crippen molar-refractivity contribution < 1.29 is 53.8 Å². The van der Waals surface area contributed by atoms with Gasteiger partial charge >= 0.3 is 6.18 Å². The van der Waals surface area contributed by atoms with Crippen LogP contribution in [0, 0.1) is 0 Å². The molecule has 0 saturated heterocycles. The minimum atomic E-state index is -5.93. The molecule has 0 spiro atoms. The van der Waals surface area contributed by atoms with Gasteiger partial charge in [0.1, 0.15) is 0 Å². The number of rotatable bonds is 7. The lowest BCUT2D eigenvalue weighted by molar-refractivity contribution is -0.314. The van der Waals surface area contributed by atoms with Gasteiger partial charge in [0.25, 0.3) is 0 Å². The van der Waals surface area contributed by atoms with Crippen molar-refractivity contribution >= 4 is 5.97 Å². The Balaban J connectivity index is 4.91. The standard InChI is InChI=1S/C9H8F10O2/c10-1(2(11)4(13)6(15)8(20)21)3(12)5(14)7(16)9(17,18)19/h1-7H,(H,20,21)/p-1. The van der Waals surface area contributed by atoms with E-state index in [2.05, 4.69) is 0 Å². The summed E-state index contributed by atoms with van der Waals surface area (Å²) >= 11 is 0. The Morgan fingerprint density at radius 3 is 1.38 bits per heavy atom. The fraction of sp³-hybridized carbons (Fsp3) is 0.889. The maximum atomic E-state index is 12.9. The molecular formula is C9H7F10O2-. The molecule has 7 unspecified atom stereocenters. The number of hydrogen-bond acceptors (Lipinski definition) is 2. The van der Waals surface area contributed by atoms with Crippen molar-refractivity contribution in [2.24, 2.45) is 0 Å². The fourth-order valence-electron chi connectivity index (χ4n) is 1.16. The third kappa shape index (κ3) is 4.92. The SMILES string of the molecule is O=C([O-])C(F)C(F)C(F)C(F)C(F)C(F)C(F)C(F)(F)F. The summed E-state index contributed by atoms with van der Waals surface area (Å²) in [6.45, 7) is 0. The van der Waals surface area contributed by atoms with Crippen molar-refractivity contribution in [1.29, 1.82) is 0 Å². The molecule has 0 heterocycles. The van der Waals surface area contributed by atoms with Gasteiger partial charge in [0.15, 0.2) is 37.0 Å². The Morgan fingerprint density at radius 2 is 1.05 bits per heavy atom. The van der Waals surface area contributed by atoms with E-state index in [1.54, 1.807) is 0 Å². The first-order valence-corrected chi connectivity index (χ1v) is 5.08. The smallest absolute Gasteiger partial charge is 0.422 e. The van der Waals surface area contributed by atoms with E-state index in [4.69, 9.17) is 0 Å². The summed E-state index contributed by atoms with van der Waals surface area (Å²) in [4.78, 5) is 9.82. The Hall–Kier alpha value is -1.23. The van der Waals surface area contributed by atoms with Crippen LogP contribution < -0.4 is 5.11 Å². The first-order chi connectivity index (χ1) is 9.32. The first kappa shape index (κ1) is 19.8. The number of halogens is 10. The molecule has 0 aliphatic carbocycles. The largest absolute Gasteiger partial charge is 0.547 e. The van der Waals surface area contributed by atoms with Gasteiger partial charge in [0.2, 0.25) is 6.17 Å². The van der Waals surface area contributed by atoms with Crippen LogP contribution in [0.5, 0.6) is 0 Å². The zero-order chi connectivity index (χ0) is 17.1. The molecule has 2 nitrogen and oxygen atoms in total. The number of carbonyl (C=O) groups excluding carboxylic acids is 1. The summed E-state index contributed by atoms with van der Waals surface area (Å²) in [6, 6.07) is 0. The van der Waals surface area contributed by atoms with Gasteiger partial charge in [-0.3, -0.25) is 0 Å². The van der Waals surface area contributed by atoms with Gasteiger partial charge in [-0.05, 0) is 0 Å². The van der Waals surface area contributed by atoms with Gasteiger partial charge in [-0.1, -0.05) is 0 Å². The van der Waals surface area contributed by atoms with Crippen LogP contribution in [0.1, 0.15) is 0 Å². The van der Waals surface area contributed by atoms with E-state index in [-0.39, 0.29) is 0 Å². The van der Waals surface area contributed by atoms with E-state index in [1.807, 2.05) is 0 Å². The molecule has 7 atom stereocenters. The van der Waals surface area contributed by atoms with Gasteiger partial charge in [0, 0.05) is 0 Å². The van der Waals surface area contributed by atoms with E-state index >= 15 is 0 Å². The minimum absolute atomic E-state index is 2.84. The van der Waals surface area contributed by atoms with Crippen molar-refractivity contribution in [1.82, 2.24) is 0 Å². The van der Waals surface area contributed by atoms with Gasteiger partial charge < -0.3 is 9.90 Å². The van der Waals surface area contributed by atoms with E-state index in [9.17, 15) is 53.8 Å². The molecular weight excluding hydrogens is 330 g/mol. The first-order valence-electron chi connectivity index (χ1n) is 5.08. The van der Waals surface area contributed by atoms with Crippen LogP contribution in [0.2, 0.25) is 0 Å². The Morgan fingerprint density at radius 1 is 0.714 bits per heavy atom. The van der Waals surface area contributed by atoms with Crippen molar-refractivity contribution in [3.63, 3.8) is 0 Å². The molecule has 0 aliphatic rings. The van der Waals surface area contributed by atoms with E-state index in [1.165, 1.54) is 0 Å². The monoisotopic (exact) mass is 337 g/mol. The van der Waals surface area contributed by atoms with Crippen LogP contribution in [-0.4, -0.2) is 55.3 Å². The molecule has 0 fully saturated rings. The highest BCUT2D eigenvalue weighted by atomic mass is 19.4. The molecule has 0 radical (unpaired) electrons. The summed E-state index contributed by atoms with van der Waals surface area (Å²) in [6.07, 6.45) is -34.5. The van der Waals surface area contributed by atoms with E-state index in [0.29, 0.717) is 0 Å². The van der Waals surface area contributed by atoms with Crippen LogP contribution >= 0.6 is 0 Å². The zero-order valence-electron chi connectivity index (χ0n) is 9.64. The predicted octanol–water partition coefficient (Wildman–Crippen LogP) is 1.67. The maximum Gasteiger partial charge on any atom is 0.422 e. The lowest BCUT2D eigenvalue weighted by Gasteiger charge is -2.26. The second-order valence-corrected chi connectivity index (χ2v) is 3.89. The molecule has 126 valence electrons. The highest BCUT2D eigenvalue weighted by Gasteiger charge is 2.53. The van der Waals surface area contributed by atoms with E-state index in [0.717, 1.165) is 0 Å². The van der Waals surface area contributed by atoms with Crippen molar-refractivity contribution in [2.75, 3.05) is 0 Å². The zero-order valence-corrected chi connectivity index (χ0v) is 9.64. The number of aliphatic carboxylic acids is 1. The number of carbonyl (C=O) groups is 1. The summed E-state index contributed by atoms with van der Waals surface area (Å²) < 4.78 is 124. The topological polar surface area (TPSA) is 40.1 Å². The number of hydrogen-bond donors (Lipinski definition) is 0. The lowest BCUT2D eigenvalue weighted by Crippen LogP contribution is -2.50. The quantitative estimate of drug-likeness (QED) is 0.663. The average Bonchev–Trinajstić information content (AvgIpc) is 2.40. The normalized spacial score (nSPS) is 22.8. The summed E-state index contributed by atoms with van der Waals surface area (Å²) in [5, 5.41) is 9.82. The van der Waals surface area contributed by atoms with Crippen LogP contribution in [0.25, 0.3) is 0 Å². The van der Waals surface area contributed by atoms with Crippen molar-refractivity contribution in [3.8, 4) is 0 Å². The molecule has 0 N–H and O–H groups in total. The average molecular weight is 337 g/mol. The molecule has 0 aliphatic heterocycles. The molecule has 0 rings (SSSR count). The molecule has 0 aromatic heterocycles. The molecule has 0 aromatic carbocycles.